The van der Waals surface area contributed by atoms with E-state index < -0.39 is 5.97 Å². The van der Waals surface area contributed by atoms with Crippen LogP contribution in [0.25, 0.3) is 0 Å². The lowest BCUT2D eigenvalue weighted by molar-refractivity contribution is -0.142. The summed E-state index contributed by atoms with van der Waals surface area (Å²) >= 11 is 0. The largest absolute Gasteiger partial charge is 0.480 e. The van der Waals surface area contributed by atoms with E-state index in [0.717, 1.165) is 25.9 Å². The minimum absolute atomic E-state index is 0.215. The SMILES string of the molecule is CCCCCCN1CC(CCC)C[C@H]1C(=O)O. The summed E-state index contributed by atoms with van der Waals surface area (Å²) in [5.41, 5.74) is 0. The molecule has 1 heterocycles. The Bertz CT molecular complexity index is 230. The molecule has 1 aliphatic rings. The molecule has 2 atom stereocenters. The number of rotatable bonds is 8. The lowest BCUT2D eigenvalue weighted by atomic mass is 10.0. The number of nitrogens with zero attached hydrogens (tertiary/aromatic N) is 1. The van der Waals surface area contributed by atoms with Crippen molar-refractivity contribution in [1.29, 1.82) is 0 Å². The average molecular weight is 241 g/mol. The Hall–Kier alpha value is -0.570. The first kappa shape index (κ1) is 14.5. The molecule has 1 N–H and O–H groups in total. The molecule has 0 bridgehead atoms. The van der Waals surface area contributed by atoms with Crippen LogP contribution in [0.3, 0.4) is 0 Å². The Morgan fingerprint density at radius 1 is 1.24 bits per heavy atom. The van der Waals surface area contributed by atoms with Gasteiger partial charge in [0.15, 0.2) is 0 Å². The first-order chi connectivity index (χ1) is 8.19. The number of aliphatic carboxylic acids is 1. The Morgan fingerprint density at radius 3 is 2.59 bits per heavy atom. The van der Waals surface area contributed by atoms with Gasteiger partial charge in [-0.15, -0.1) is 0 Å². The lowest BCUT2D eigenvalue weighted by Gasteiger charge is -2.20. The standard InChI is InChI=1S/C14H27NO2/c1-3-5-6-7-9-15-11-12(8-4-2)10-13(15)14(16)17/h12-13H,3-11H2,1-2H3,(H,16,17)/t12?,13-/m0/s1. The van der Waals surface area contributed by atoms with Crippen LogP contribution in [0.1, 0.15) is 58.8 Å². The monoisotopic (exact) mass is 241 g/mol. The van der Waals surface area contributed by atoms with Crippen LogP contribution in [0.5, 0.6) is 0 Å². The van der Waals surface area contributed by atoms with E-state index in [1.54, 1.807) is 0 Å². The van der Waals surface area contributed by atoms with Gasteiger partial charge in [-0.05, 0) is 31.7 Å². The fourth-order valence-electron chi connectivity index (χ4n) is 2.86. The van der Waals surface area contributed by atoms with Gasteiger partial charge in [0.25, 0.3) is 0 Å². The minimum atomic E-state index is -0.626. The van der Waals surface area contributed by atoms with Crippen molar-refractivity contribution in [3.05, 3.63) is 0 Å². The third-order valence-electron chi connectivity index (χ3n) is 3.77. The van der Waals surface area contributed by atoms with Crippen molar-refractivity contribution in [2.24, 2.45) is 5.92 Å². The molecule has 17 heavy (non-hydrogen) atoms. The predicted octanol–water partition coefficient (Wildman–Crippen LogP) is 3.14. The molecule has 1 saturated heterocycles. The molecule has 1 rings (SSSR count). The second-order valence-corrected chi connectivity index (χ2v) is 5.30. The highest BCUT2D eigenvalue weighted by Crippen LogP contribution is 2.27. The Morgan fingerprint density at radius 2 is 2.00 bits per heavy atom. The number of hydrogen-bond acceptors (Lipinski definition) is 2. The molecule has 0 amide bonds. The molecule has 0 saturated carbocycles. The van der Waals surface area contributed by atoms with E-state index in [9.17, 15) is 9.90 Å². The summed E-state index contributed by atoms with van der Waals surface area (Å²) in [4.78, 5) is 13.4. The summed E-state index contributed by atoms with van der Waals surface area (Å²) in [6.07, 6.45) is 8.09. The molecule has 3 nitrogen and oxygen atoms in total. The maximum absolute atomic E-state index is 11.2. The molecule has 1 unspecified atom stereocenters. The third kappa shape index (κ3) is 4.66. The predicted molar refractivity (Wildman–Crippen MR) is 70.2 cm³/mol. The van der Waals surface area contributed by atoms with Gasteiger partial charge in [0.2, 0.25) is 0 Å². The van der Waals surface area contributed by atoms with Gasteiger partial charge in [0.1, 0.15) is 6.04 Å². The number of likely N-dealkylation sites (tertiary alicyclic amines) is 1. The van der Waals surface area contributed by atoms with E-state index in [1.165, 1.54) is 32.1 Å². The highest BCUT2D eigenvalue weighted by Gasteiger charge is 2.35. The maximum Gasteiger partial charge on any atom is 0.320 e. The summed E-state index contributed by atoms with van der Waals surface area (Å²) in [6, 6.07) is -0.215. The zero-order valence-electron chi connectivity index (χ0n) is 11.3. The molecule has 0 aromatic heterocycles. The van der Waals surface area contributed by atoms with Crippen molar-refractivity contribution in [2.45, 2.75) is 64.8 Å². The summed E-state index contributed by atoms with van der Waals surface area (Å²) in [7, 11) is 0. The van der Waals surface area contributed by atoms with Gasteiger partial charge in [-0.3, -0.25) is 9.69 Å². The highest BCUT2D eigenvalue weighted by molar-refractivity contribution is 5.73. The topological polar surface area (TPSA) is 40.5 Å². The second-order valence-electron chi connectivity index (χ2n) is 5.30. The van der Waals surface area contributed by atoms with E-state index in [0.29, 0.717) is 5.92 Å². The van der Waals surface area contributed by atoms with Gasteiger partial charge in [-0.1, -0.05) is 39.5 Å². The zero-order chi connectivity index (χ0) is 12.7. The summed E-state index contributed by atoms with van der Waals surface area (Å²) in [5, 5.41) is 9.23. The van der Waals surface area contributed by atoms with Gasteiger partial charge < -0.3 is 5.11 Å². The van der Waals surface area contributed by atoms with Crippen LogP contribution in [-0.4, -0.2) is 35.1 Å². The maximum atomic E-state index is 11.2. The number of unbranched alkanes of at least 4 members (excludes halogenated alkanes) is 3. The van der Waals surface area contributed by atoms with Crippen LogP contribution in [0, 0.1) is 5.92 Å². The molecule has 1 aliphatic heterocycles. The van der Waals surface area contributed by atoms with E-state index in [-0.39, 0.29) is 6.04 Å². The molecular weight excluding hydrogens is 214 g/mol. The van der Waals surface area contributed by atoms with Gasteiger partial charge in [0, 0.05) is 6.54 Å². The Balaban J connectivity index is 2.36. The molecule has 0 spiro atoms. The molecule has 100 valence electrons. The van der Waals surface area contributed by atoms with Gasteiger partial charge in [-0.2, -0.15) is 0 Å². The molecule has 0 radical (unpaired) electrons. The van der Waals surface area contributed by atoms with Crippen LogP contribution in [0.15, 0.2) is 0 Å². The quantitative estimate of drug-likeness (QED) is 0.664. The molecule has 0 aliphatic carbocycles. The third-order valence-corrected chi connectivity index (χ3v) is 3.77. The summed E-state index contributed by atoms with van der Waals surface area (Å²) in [6.45, 7) is 6.35. The van der Waals surface area contributed by atoms with Crippen LogP contribution >= 0.6 is 0 Å². The average Bonchev–Trinajstić information content (AvgIpc) is 2.68. The molecule has 0 aromatic carbocycles. The van der Waals surface area contributed by atoms with Crippen LogP contribution in [-0.2, 0) is 4.79 Å². The summed E-state index contributed by atoms with van der Waals surface area (Å²) in [5.74, 6) is -0.0219. The lowest BCUT2D eigenvalue weighted by Crippen LogP contribution is -2.36. The number of carboxylic acid groups (broad SMARTS) is 1. The highest BCUT2D eigenvalue weighted by atomic mass is 16.4. The van der Waals surface area contributed by atoms with Gasteiger partial charge in [-0.25, -0.2) is 0 Å². The van der Waals surface area contributed by atoms with Crippen molar-refractivity contribution in [3.63, 3.8) is 0 Å². The Kier molecular flexibility index (Phi) is 6.56. The van der Waals surface area contributed by atoms with E-state index in [1.807, 2.05) is 0 Å². The smallest absolute Gasteiger partial charge is 0.320 e. The van der Waals surface area contributed by atoms with Crippen molar-refractivity contribution >= 4 is 5.97 Å². The van der Waals surface area contributed by atoms with Crippen LogP contribution in [0.2, 0.25) is 0 Å². The normalized spacial score (nSPS) is 25.3. The zero-order valence-corrected chi connectivity index (χ0v) is 11.3. The molecule has 0 aromatic rings. The van der Waals surface area contributed by atoms with Crippen molar-refractivity contribution in [1.82, 2.24) is 4.90 Å². The van der Waals surface area contributed by atoms with E-state index in [2.05, 4.69) is 18.7 Å². The Labute approximate surface area is 105 Å². The summed E-state index contributed by atoms with van der Waals surface area (Å²) < 4.78 is 0. The van der Waals surface area contributed by atoms with Gasteiger partial charge in [0.05, 0.1) is 0 Å². The first-order valence-electron chi connectivity index (χ1n) is 7.15. The van der Waals surface area contributed by atoms with E-state index in [4.69, 9.17) is 0 Å². The molecule has 3 heteroatoms. The van der Waals surface area contributed by atoms with Crippen molar-refractivity contribution in [2.75, 3.05) is 13.1 Å². The van der Waals surface area contributed by atoms with Crippen molar-refractivity contribution in [3.8, 4) is 0 Å². The number of carbonyl (C=O) groups is 1. The number of carboxylic acids is 1. The number of hydrogen-bond donors (Lipinski definition) is 1. The van der Waals surface area contributed by atoms with Crippen LogP contribution < -0.4 is 0 Å². The fourth-order valence-corrected chi connectivity index (χ4v) is 2.86. The minimum Gasteiger partial charge on any atom is -0.480 e. The molecular formula is C14H27NO2. The van der Waals surface area contributed by atoms with Crippen molar-refractivity contribution < 1.29 is 9.90 Å². The van der Waals surface area contributed by atoms with E-state index >= 15 is 0 Å². The molecule has 1 fully saturated rings. The van der Waals surface area contributed by atoms with Crippen LogP contribution in [0.4, 0.5) is 0 Å². The first-order valence-corrected chi connectivity index (χ1v) is 7.15. The second kappa shape index (κ2) is 7.70. The fraction of sp³-hybridized carbons (Fsp3) is 0.929. The van der Waals surface area contributed by atoms with Gasteiger partial charge >= 0.3 is 5.97 Å².